The molecule has 0 aromatic heterocycles. The van der Waals surface area contributed by atoms with E-state index in [4.69, 9.17) is 0 Å². The Morgan fingerprint density at radius 2 is 1.80 bits per heavy atom. The van der Waals surface area contributed by atoms with Gasteiger partial charge in [0.1, 0.15) is 9.84 Å². The maximum absolute atomic E-state index is 12.7. The summed E-state index contributed by atoms with van der Waals surface area (Å²) < 4.78 is 61.1. The largest absolute Gasteiger partial charge is 0.416 e. The number of anilines is 1. The summed E-state index contributed by atoms with van der Waals surface area (Å²) in [6.07, 6.45) is -3.58. The molecule has 112 valence electrons. The van der Waals surface area contributed by atoms with Gasteiger partial charge in [0.05, 0.1) is 17.1 Å². The second-order valence-electron chi connectivity index (χ2n) is 4.76. The fourth-order valence-corrected chi connectivity index (χ4v) is 3.92. The van der Waals surface area contributed by atoms with Crippen molar-refractivity contribution in [1.82, 2.24) is 0 Å². The van der Waals surface area contributed by atoms with Crippen LogP contribution in [-0.2, 0) is 16.0 Å². The summed E-state index contributed by atoms with van der Waals surface area (Å²) in [6, 6.07) is 3.25. The molecule has 0 saturated carbocycles. The molecule has 0 unspecified atom stereocenters. The van der Waals surface area contributed by atoms with E-state index in [9.17, 15) is 21.6 Å². The van der Waals surface area contributed by atoms with Crippen LogP contribution in [0.1, 0.15) is 18.4 Å². The van der Waals surface area contributed by atoms with Crippen molar-refractivity contribution in [2.45, 2.75) is 25.1 Å². The lowest BCUT2D eigenvalue weighted by Crippen LogP contribution is -2.32. The molecule has 1 fully saturated rings. The standard InChI is InChI=1S/C12H13BrF3NO2S/c13-10-2-1-8(12(14,15)16)7-11(10)17-9-3-5-20(18,19)6-4-9/h1-2,7,9,17H,3-6H2. The minimum absolute atomic E-state index is 0.0707. The van der Waals surface area contributed by atoms with Crippen molar-refractivity contribution >= 4 is 31.5 Å². The summed E-state index contributed by atoms with van der Waals surface area (Å²) in [5.41, 5.74) is -0.393. The molecule has 1 aliphatic heterocycles. The van der Waals surface area contributed by atoms with Crippen LogP contribution in [0.15, 0.2) is 22.7 Å². The molecule has 0 spiro atoms. The molecule has 0 bridgehead atoms. The third-order valence-corrected chi connectivity index (χ3v) is 5.61. The van der Waals surface area contributed by atoms with Crippen LogP contribution in [0.25, 0.3) is 0 Å². The van der Waals surface area contributed by atoms with E-state index in [0.29, 0.717) is 23.0 Å². The van der Waals surface area contributed by atoms with Crippen molar-refractivity contribution in [3.63, 3.8) is 0 Å². The molecule has 0 atom stereocenters. The Labute approximate surface area is 123 Å². The van der Waals surface area contributed by atoms with E-state index in [0.717, 1.165) is 12.1 Å². The van der Waals surface area contributed by atoms with Gasteiger partial charge in [-0.1, -0.05) is 0 Å². The Kier molecular flexibility index (Phi) is 4.34. The van der Waals surface area contributed by atoms with Gasteiger partial charge in [-0.15, -0.1) is 0 Å². The monoisotopic (exact) mass is 371 g/mol. The lowest BCUT2D eigenvalue weighted by atomic mass is 10.1. The van der Waals surface area contributed by atoms with Gasteiger partial charge in [-0.05, 0) is 47.0 Å². The van der Waals surface area contributed by atoms with Crippen molar-refractivity contribution in [3.8, 4) is 0 Å². The molecular formula is C12H13BrF3NO2S. The summed E-state index contributed by atoms with van der Waals surface area (Å²) in [6.45, 7) is 0. The number of sulfone groups is 1. The first-order valence-electron chi connectivity index (χ1n) is 6.01. The molecule has 1 N–H and O–H groups in total. The Balaban J connectivity index is 2.13. The summed E-state index contributed by atoms with van der Waals surface area (Å²) in [7, 11) is -2.98. The molecule has 0 amide bonds. The Morgan fingerprint density at radius 3 is 2.35 bits per heavy atom. The van der Waals surface area contributed by atoms with E-state index in [2.05, 4.69) is 21.2 Å². The number of halogens is 4. The average Bonchev–Trinajstić information content (AvgIpc) is 2.33. The number of hydrogen-bond acceptors (Lipinski definition) is 3. The molecule has 3 nitrogen and oxygen atoms in total. The zero-order chi connectivity index (χ0) is 15.0. The van der Waals surface area contributed by atoms with Gasteiger partial charge in [0.25, 0.3) is 0 Å². The maximum Gasteiger partial charge on any atom is 0.416 e. The number of benzene rings is 1. The van der Waals surface area contributed by atoms with Gasteiger partial charge < -0.3 is 5.32 Å². The second kappa shape index (κ2) is 5.55. The fraction of sp³-hybridized carbons (Fsp3) is 0.500. The highest BCUT2D eigenvalue weighted by molar-refractivity contribution is 9.10. The molecule has 1 aromatic carbocycles. The minimum atomic E-state index is -4.40. The summed E-state index contributed by atoms with van der Waals surface area (Å²) in [5, 5.41) is 2.99. The maximum atomic E-state index is 12.7. The predicted octanol–water partition coefficient (Wildman–Crippen LogP) is 3.46. The first kappa shape index (κ1) is 15.6. The van der Waals surface area contributed by atoms with Crippen LogP contribution in [-0.4, -0.2) is 26.0 Å². The minimum Gasteiger partial charge on any atom is -0.381 e. The van der Waals surface area contributed by atoms with Crippen molar-refractivity contribution in [1.29, 1.82) is 0 Å². The first-order chi connectivity index (χ1) is 9.17. The van der Waals surface area contributed by atoms with Gasteiger partial charge in [-0.3, -0.25) is 0 Å². The highest BCUT2D eigenvalue weighted by Crippen LogP contribution is 2.34. The van der Waals surface area contributed by atoms with E-state index in [1.54, 1.807) is 0 Å². The van der Waals surface area contributed by atoms with Gasteiger partial charge in [-0.25, -0.2) is 8.42 Å². The summed E-state index contributed by atoms with van der Waals surface area (Å²) in [5.74, 6) is 0.141. The van der Waals surface area contributed by atoms with Crippen LogP contribution in [0.3, 0.4) is 0 Å². The van der Waals surface area contributed by atoms with E-state index in [-0.39, 0.29) is 17.5 Å². The van der Waals surface area contributed by atoms with Crippen LogP contribution in [0.2, 0.25) is 0 Å². The van der Waals surface area contributed by atoms with Gasteiger partial charge in [0.2, 0.25) is 0 Å². The first-order valence-corrected chi connectivity index (χ1v) is 8.62. The van der Waals surface area contributed by atoms with Crippen LogP contribution >= 0.6 is 15.9 Å². The van der Waals surface area contributed by atoms with Gasteiger partial charge in [0.15, 0.2) is 0 Å². The molecule has 1 aliphatic rings. The molecule has 1 saturated heterocycles. The van der Waals surface area contributed by atoms with Crippen LogP contribution in [0.4, 0.5) is 18.9 Å². The number of rotatable bonds is 2. The quantitative estimate of drug-likeness (QED) is 0.865. The van der Waals surface area contributed by atoms with E-state index < -0.39 is 21.6 Å². The second-order valence-corrected chi connectivity index (χ2v) is 7.92. The van der Waals surface area contributed by atoms with Crippen molar-refractivity contribution in [3.05, 3.63) is 28.2 Å². The van der Waals surface area contributed by atoms with E-state index in [1.807, 2.05) is 0 Å². The lowest BCUT2D eigenvalue weighted by Gasteiger charge is -2.25. The van der Waals surface area contributed by atoms with E-state index in [1.165, 1.54) is 6.07 Å². The van der Waals surface area contributed by atoms with Crippen molar-refractivity contribution in [2.24, 2.45) is 0 Å². The molecular weight excluding hydrogens is 359 g/mol. The van der Waals surface area contributed by atoms with Crippen molar-refractivity contribution in [2.75, 3.05) is 16.8 Å². The summed E-state index contributed by atoms with van der Waals surface area (Å²) in [4.78, 5) is 0. The van der Waals surface area contributed by atoms with E-state index >= 15 is 0 Å². The number of nitrogens with one attached hydrogen (secondary N) is 1. The normalized spacial score (nSPS) is 19.8. The predicted molar refractivity (Wildman–Crippen MR) is 74.4 cm³/mol. The zero-order valence-electron chi connectivity index (χ0n) is 10.4. The lowest BCUT2D eigenvalue weighted by molar-refractivity contribution is -0.137. The van der Waals surface area contributed by atoms with Gasteiger partial charge in [0, 0.05) is 16.2 Å². The molecule has 1 aromatic rings. The summed E-state index contributed by atoms with van der Waals surface area (Å²) >= 11 is 3.20. The Hall–Kier alpha value is -0.760. The molecule has 1 heterocycles. The average molecular weight is 372 g/mol. The zero-order valence-corrected chi connectivity index (χ0v) is 12.8. The molecule has 8 heteroatoms. The van der Waals surface area contributed by atoms with Gasteiger partial charge >= 0.3 is 6.18 Å². The molecule has 0 radical (unpaired) electrons. The smallest absolute Gasteiger partial charge is 0.381 e. The number of hydrogen-bond donors (Lipinski definition) is 1. The molecule has 20 heavy (non-hydrogen) atoms. The van der Waals surface area contributed by atoms with Crippen LogP contribution in [0.5, 0.6) is 0 Å². The fourth-order valence-electron chi connectivity index (χ4n) is 2.07. The Bertz CT molecular complexity index is 587. The third kappa shape index (κ3) is 3.88. The van der Waals surface area contributed by atoms with Crippen molar-refractivity contribution < 1.29 is 21.6 Å². The van der Waals surface area contributed by atoms with Crippen LogP contribution < -0.4 is 5.32 Å². The molecule has 2 rings (SSSR count). The third-order valence-electron chi connectivity index (χ3n) is 3.21. The number of alkyl halides is 3. The topological polar surface area (TPSA) is 46.2 Å². The Morgan fingerprint density at radius 1 is 1.20 bits per heavy atom. The van der Waals surface area contributed by atoms with Crippen LogP contribution in [0, 0.1) is 0 Å². The highest BCUT2D eigenvalue weighted by Gasteiger charge is 2.31. The highest BCUT2D eigenvalue weighted by atomic mass is 79.9. The van der Waals surface area contributed by atoms with Gasteiger partial charge in [-0.2, -0.15) is 13.2 Å². The molecule has 0 aliphatic carbocycles. The SMILES string of the molecule is O=S1(=O)CCC(Nc2cc(C(F)(F)F)ccc2Br)CC1.